The number of aryl methyl sites for hydroxylation is 2. The fraction of sp³-hybridized carbons (Fsp3) is 0.321. The Balaban J connectivity index is 2.00. The lowest BCUT2D eigenvalue weighted by Crippen LogP contribution is -2.31. The van der Waals surface area contributed by atoms with E-state index in [1.807, 2.05) is 75.4 Å². The summed E-state index contributed by atoms with van der Waals surface area (Å²) < 4.78 is 7.16. The Hall–Kier alpha value is -3.85. The van der Waals surface area contributed by atoms with Gasteiger partial charge in [0.05, 0.1) is 5.56 Å². The first kappa shape index (κ1) is 24.8. The van der Waals surface area contributed by atoms with Crippen molar-refractivity contribution in [1.82, 2.24) is 4.57 Å². The predicted octanol–water partition coefficient (Wildman–Crippen LogP) is 5.06. The fourth-order valence-electron chi connectivity index (χ4n) is 4.01. The van der Waals surface area contributed by atoms with E-state index in [0.29, 0.717) is 12.2 Å². The average molecular weight is 459 g/mol. The Labute approximate surface area is 200 Å². The van der Waals surface area contributed by atoms with E-state index in [1.165, 1.54) is 6.92 Å². The smallest absolute Gasteiger partial charge is 0.271 e. The van der Waals surface area contributed by atoms with Gasteiger partial charge in [0.2, 0.25) is 11.7 Å². The second-order valence-corrected chi connectivity index (χ2v) is 8.82. The summed E-state index contributed by atoms with van der Waals surface area (Å²) in [6, 6.07) is 17.3. The minimum atomic E-state index is -0.935. The van der Waals surface area contributed by atoms with E-state index in [1.54, 1.807) is 6.92 Å². The van der Waals surface area contributed by atoms with E-state index in [0.717, 1.165) is 21.3 Å². The molecule has 2 aromatic carbocycles. The molecule has 0 radical (unpaired) electrons. The molecule has 1 unspecified atom stereocenters. The summed E-state index contributed by atoms with van der Waals surface area (Å²) in [5.41, 5.74) is 2.28. The van der Waals surface area contributed by atoms with Crippen LogP contribution in [-0.2, 0) is 13.0 Å². The lowest BCUT2D eigenvalue weighted by atomic mass is 9.98. The summed E-state index contributed by atoms with van der Waals surface area (Å²) in [4.78, 5) is 26.3. The van der Waals surface area contributed by atoms with Gasteiger partial charge in [0, 0.05) is 6.54 Å². The maximum Gasteiger partial charge on any atom is 0.271 e. The first-order chi connectivity index (χ1) is 16.1. The number of aromatic hydroxyl groups is 1. The van der Waals surface area contributed by atoms with Crippen molar-refractivity contribution >= 4 is 5.78 Å². The molecular formula is C28H30N2O4. The first-order valence-electron chi connectivity index (χ1n) is 11.4. The molecule has 0 bridgehead atoms. The number of nitriles is 1. The highest BCUT2D eigenvalue weighted by atomic mass is 16.5. The molecule has 3 rings (SSSR count). The number of carbonyl (C=O) groups is 1. The number of Topliss-reactive ketones (excluding diaryl/α,β-unsaturated/α-hetero) is 1. The largest absolute Gasteiger partial charge is 0.494 e. The number of rotatable bonds is 8. The fourth-order valence-corrected chi connectivity index (χ4v) is 4.01. The van der Waals surface area contributed by atoms with Gasteiger partial charge < -0.3 is 9.84 Å². The van der Waals surface area contributed by atoms with Gasteiger partial charge in [-0.3, -0.25) is 14.2 Å². The Morgan fingerprint density at radius 2 is 1.79 bits per heavy atom. The Kier molecular flexibility index (Phi) is 7.57. The molecule has 176 valence electrons. The molecule has 1 heterocycles. The Morgan fingerprint density at radius 1 is 1.12 bits per heavy atom. The molecule has 0 amide bonds. The second-order valence-electron chi connectivity index (χ2n) is 8.82. The zero-order valence-corrected chi connectivity index (χ0v) is 20.3. The van der Waals surface area contributed by atoms with Crippen LogP contribution >= 0.6 is 0 Å². The van der Waals surface area contributed by atoms with Gasteiger partial charge in [-0.15, -0.1) is 0 Å². The zero-order chi connectivity index (χ0) is 25.0. The maximum atomic E-state index is 13.5. The van der Waals surface area contributed by atoms with E-state index < -0.39 is 23.3 Å². The first-order valence-corrected chi connectivity index (χ1v) is 11.4. The molecule has 6 heteroatoms. The van der Waals surface area contributed by atoms with Crippen molar-refractivity contribution < 1.29 is 14.6 Å². The van der Waals surface area contributed by atoms with Crippen molar-refractivity contribution in [3.05, 3.63) is 92.3 Å². The van der Waals surface area contributed by atoms with Crippen LogP contribution in [0.15, 0.2) is 53.3 Å². The molecule has 0 saturated carbocycles. The second kappa shape index (κ2) is 10.4. The van der Waals surface area contributed by atoms with Crippen molar-refractivity contribution in [2.75, 3.05) is 0 Å². The molecule has 0 aliphatic heterocycles. The number of nitrogens with zero attached hydrogens (tertiary/aromatic N) is 2. The van der Waals surface area contributed by atoms with Crippen LogP contribution in [0.1, 0.15) is 64.9 Å². The summed E-state index contributed by atoms with van der Waals surface area (Å²) in [6.07, 6.45) is -0.473. The number of ether oxygens (including phenoxy) is 1. The van der Waals surface area contributed by atoms with Crippen LogP contribution in [0.2, 0.25) is 0 Å². The Bertz CT molecular complexity index is 1300. The van der Waals surface area contributed by atoms with Crippen LogP contribution in [0.4, 0.5) is 0 Å². The number of aromatic nitrogens is 1. The van der Waals surface area contributed by atoms with Crippen molar-refractivity contribution in [2.24, 2.45) is 0 Å². The van der Waals surface area contributed by atoms with Gasteiger partial charge in [-0.1, -0.05) is 56.3 Å². The maximum absolute atomic E-state index is 13.5. The van der Waals surface area contributed by atoms with Crippen molar-refractivity contribution in [3.63, 3.8) is 0 Å². The van der Waals surface area contributed by atoms with Crippen molar-refractivity contribution in [2.45, 2.75) is 59.6 Å². The molecule has 0 saturated heterocycles. The lowest BCUT2D eigenvalue weighted by molar-refractivity contribution is 0.0810. The van der Waals surface area contributed by atoms with E-state index in [2.05, 4.69) is 0 Å². The van der Waals surface area contributed by atoms with Crippen LogP contribution in [0, 0.1) is 25.2 Å². The minimum absolute atomic E-state index is 0.0598. The molecule has 0 fully saturated rings. The summed E-state index contributed by atoms with van der Waals surface area (Å²) in [6.45, 7) is 9.28. The van der Waals surface area contributed by atoms with Gasteiger partial charge >= 0.3 is 0 Å². The molecule has 6 nitrogen and oxygen atoms in total. The summed E-state index contributed by atoms with van der Waals surface area (Å²) in [7, 11) is 0. The SMILES string of the molecule is Cc1ccc(C(C)C)c(OC(C)C(=O)c2c(C)c(C#N)c(=O)n(CCc3ccccc3)c2O)c1. The third kappa shape index (κ3) is 5.04. The Morgan fingerprint density at radius 3 is 2.41 bits per heavy atom. The van der Waals surface area contributed by atoms with Crippen LogP contribution in [0.3, 0.4) is 0 Å². The average Bonchev–Trinajstić information content (AvgIpc) is 2.79. The predicted molar refractivity (Wildman–Crippen MR) is 132 cm³/mol. The summed E-state index contributed by atoms with van der Waals surface area (Å²) >= 11 is 0. The van der Waals surface area contributed by atoms with Crippen LogP contribution < -0.4 is 10.3 Å². The molecule has 0 spiro atoms. The quantitative estimate of drug-likeness (QED) is 0.477. The normalized spacial score (nSPS) is 11.8. The van der Waals surface area contributed by atoms with Crippen molar-refractivity contribution in [1.29, 1.82) is 5.26 Å². The third-order valence-corrected chi connectivity index (χ3v) is 5.98. The van der Waals surface area contributed by atoms with Crippen molar-refractivity contribution in [3.8, 4) is 17.7 Å². The number of carbonyl (C=O) groups excluding carboxylic acids is 1. The molecule has 1 N–H and O–H groups in total. The van der Waals surface area contributed by atoms with Gasteiger partial charge in [0.1, 0.15) is 17.4 Å². The highest BCUT2D eigenvalue weighted by molar-refractivity contribution is 6.03. The number of benzene rings is 2. The number of pyridine rings is 1. The van der Waals surface area contributed by atoms with Crippen LogP contribution in [0.25, 0.3) is 0 Å². The number of ketones is 1. The van der Waals surface area contributed by atoms with Crippen LogP contribution in [0.5, 0.6) is 11.6 Å². The lowest BCUT2D eigenvalue weighted by Gasteiger charge is -2.21. The summed E-state index contributed by atoms with van der Waals surface area (Å²) in [5.74, 6) is -0.133. The van der Waals surface area contributed by atoms with E-state index in [-0.39, 0.29) is 29.2 Å². The molecule has 1 atom stereocenters. The summed E-state index contributed by atoms with van der Waals surface area (Å²) in [5, 5.41) is 20.6. The molecule has 0 aliphatic carbocycles. The highest BCUT2D eigenvalue weighted by Crippen LogP contribution is 2.30. The molecule has 34 heavy (non-hydrogen) atoms. The van der Waals surface area contributed by atoms with Gasteiger partial charge in [-0.05, 0) is 61.4 Å². The van der Waals surface area contributed by atoms with E-state index in [4.69, 9.17) is 4.74 Å². The molecule has 1 aromatic heterocycles. The van der Waals surface area contributed by atoms with Gasteiger partial charge in [-0.25, -0.2) is 0 Å². The monoisotopic (exact) mass is 458 g/mol. The topological polar surface area (TPSA) is 92.3 Å². The van der Waals surface area contributed by atoms with E-state index >= 15 is 0 Å². The minimum Gasteiger partial charge on any atom is -0.494 e. The molecule has 3 aromatic rings. The highest BCUT2D eigenvalue weighted by Gasteiger charge is 2.28. The third-order valence-electron chi connectivity index (χ3n) is 5.98. The van der Waals surface area contributed by atoms with E-state index in [9.17, 15) is 20.0 Å². The number of hydrogen-bond donors (Lipinski definition) is 1. The van der Waals surface area contributed by atoms with Crippen LogP contribution in [-0.4, -0.2) is 21.6 Å². The molecule has 0 aliphatic rings. The van der Waals surface area contributed by atoms with Gasteiger partial charge in [0.15, 0.2) is 6.10 Å². The number of hydrogen-bond acceptors (Lipinski definition) is 5. The standard InChI is InChI=1S/C28H30N2O4/c1-17(2)22-12-11-18(3)15-24(22)34-20(5)26(31)25-19(4)23(16-29)27(32)30(28(25)33)14-13-21-9-7-6-8-10-21/h6-12,15,17,20,33H,13-14H2,1-5H3. The molecular weight excluding hydrogens is 428 g/mol. The van der Waals surface area contributed by atoms with Gasteiger partial charge in [-0.2, -0.15) is 5.26 Å². The zero-order valence-electron chi connectivity index (χ0n) is 20.3. The van der Waals surface area contributed by atoms with Gasteiger partial charge in [0.25, 0.3) is 5.56 Å².